The molecule has 0 saturated heterocycles. The van der Waals surface area contributed by atoms with E-state index < -0.39 is 12.2 Å². The van der Waals surface area contributed by atoms with Crippen molar-refractivity contribution in [2.75, 3.05) is 11.5 Å². The first-order chi connectivity index (χ1) is 6.15. The Labute approximate surface area is 81.8 Å². The van der Waals surface area contributed by atoms with Crippen molar-refractivity contribution in [3.8, 4) is 0 Å². The zero-order valence-electron chi connectivity index (χ0n) is 6.96. The molecular formula is C8H12N2O2S. The average Bonchev–Trinajstić information content (AvgIpc) is 2.17. The number of thiol groups is 1. The molecule has 13 heavy (non-hydrogen) atoms. The predicted octanol–water partition coefficient (Wildman–Crippen LogP) is -0.0121. The lowest BCUT2D eigenvalue weighted by molar-refractivity contribution is 0.0335. The zero-order valence-corrected chi connectivity index (χ0v) is 7.85. The van der Waals surface area contributed by atoms with Gasteiger partial charge in [-0.2, -0.15) is 12.6 Å². The van der Waals surface area contributed by atoms with Crippen molar-refractivity contribution in [2.45, 2.75) is 12.2 Å². The van der Waals surface area contributed by atoms with Crippen molar-refractivity contribution in [2.24, 2.45) is 0 Å². The van der Waals surface area contributed by atoms with Gasteiger partial charge in [-0.15, -0.1) is 0 Å². The Hall–Kier alpha value is -0.780. The molecule has 0 spiro atoms. The molecule has 1 aromatic rings. The third-order valence-corrected chi connectivity index (χ3v) is 2.08. The third kappa shape index (κ3) is 2.58. The summed E-state index contributed by atoms with van der Waals surface area (Å²) in [7, 11) is 0. The van der Waals surface area contributed by atoms with Gasteiger partial charge in [0.05, 0.1) is 6.10 Å². The summed E-state index contributed by atoms with van der Waals surface area (Å²) in [6.07, 6.45) is -0.397. The van der Waals surface area contributed by atoms with Gasteiger partial charge in [0.25, 0.3) is 0 Å². The van der Waals surface area contributed by atoms with E-state index in [9.17, 15) is 10.2 Å². The lowest BCUT2D eigenvalue weighted by Gasteiger charge is -2.15. The quantitative estimate of drug-likeness (QED) is 0.517. The van der Waals surface area contributed by atoms with Gasteiger partial charge < -0.3 is 15.9 Å². The van der Waals surface area contributed by atoms with Crippen molar-refractivity contribution >= 4 is 18.4 Å². The van der Waals surface area contributed by atoms with E-state index >= 15 is 0 Å². The minimum absolute atomic E-state index is 0.200. The molecule has 0 saturated carbocycles. The molecule has 4 nitrogen and oxygen atoms in total. The highest BCUT2D eigenvalue weighted by atomic mass is 32.1. The van der Waals surface area contributed by atoms with Gasteiger partial charge >= 0.3 is 0 Å². The van der Waals surface area contributed by atoms with Crippen LogP contribution in [0.1, 0.15) is 11.7 Å². The van der Waals surface area contributed by atoms with E-state index in [0.717, 1.165) is 0 Å². The second-order valence-corrected chi connectivity index (χ2v) is 3.08. The first kappa shape index (κ1) is 10.3. The third-order valence-electron chi connectivity index (χ3n) is 1.70. The number of hydrogen-bond donors (Lipinski definition) is 4. The summed E-state index contributed by atoms with van der Waals surface area (Å²) < 4.78 is 0. The lowest BCUT2D eigenvalue weighted by atomic mass is 10.1. The van der Waals surface area contributed by atoms with Crippen LogP contribution in [-0.4, -0.2) is 27.1 Å². The summed E-state index contributed by atoms with van der Waals surface area (Å²) in [5.41, 5.74) is 5.90. The highest BCUT2D eigenvalue weighted by molar-refractivity contribution is 7.80. The molecule has 0 fully saturated rings. The number of rotatable bonds is 3. The Morgan fingerprint density at radius 3 is 2.62 bits per heavy atom. The molecule has 4 N–H and O–H groups in total. The summed E-state index contributed by atoms with van der Waals surface area (Å²) in [4.78, 5) is 3.80. The van der Waals surface area contributed by atoms with Crippen molar-refractivity contribution in [1.29, 1.82) is 0 Å². The van der Waals surface area contributed by atoms with E-state index in [-0.39, 0.29) is 5.75 Å². The molecule has 0 aromatic carbocycles. The van der Waals surface area contributed by atoms with Gasteiger partial charge in [0.1, 0.15) is 11.9 Å². The Morgan fingerprint density at radius 2 is 2.15 bits per heavy atom. The molecule has 0 radical (unpaired) electrons. The number of anilines is 1. The summed E-state index contributed by atoms with van der Waals surface area (Å²) in [6, 6.07) is 3.20. The molecular weight excluding hydrogens is 188 g/mol. The number of nitrogens with two attached hydrogens (primary N) is 1. The summed E-state index contributed by atoms with van der Waals surface area (Å²) in [5.74, 6) is 0.585. The fraction of sp³-hybridized carbons (Fsp3) is 0.375. The van der Waals surface area contributed by atoms with Gasteiger partial charge in [-0.05, 0) is 6.07 Å². The molecule has 72 valence electrons. The van der Waals surface area contributed by atoms with Gasteiger partial charge in [0, 0.05) is 17.5 Å². The number of pyridine rings is 1. The molecule has 1 rings (SSSR count). The molecule has 5 heteroatoms. The number of aromatic nitrogens is 1. The SMILES string of the molecule is Nc1ccc(C(O)C(O)CS)cn1. The van der Waals surface area contributed by atoms with Crippen molar-refractivity contribution < 1.29 is 10.2 Å². The van der Waals surface area contributed by atoms with E-state index in [2.05, 4.69) is 17.6 Å². The van der Waals surface area contributed by atoms with E-state index in [1.54, 1.807) is 12.1 Å². The van der Waals surface area contributed by atoms with Crippen LogP contribution in [0, 0.1) is 0 Å². The molecule has 1 aromatic heterocycles. The standard InChI is InChI=1S/C8H12N2O2S/c9-7-2-1-5(3-10-7)8(12)6(11)4-13/h1-3,6,8,11-13H,4H2,(H2,9,10). The van der Waals surface area contributed by atoms with Crippen LogP contribution in [-0.2, 0) is 0 Å². The number of aliphatic hydroxyl groups excluding tert-OH is 2. The first-order valence-electron chi connectivity index (χ1n) is 3.83. The molecule has 2 unspecified atom stereocenters. The second kappa shape index (κ2) is 4.45. The van der Waals surface area contributed by atoms with Crippen LogP contribution in [0.2, 0.25) is 0 Å². The maximum Gasteiger partial charge on any atom is 0.123 e. The fourth-order valence-electron chi connectivity index (χ4n) is 0.914. The highest BCUT2D eigenvalue weighted by Gasteiger charge is 2.16. The largest absolute Gasteiger partial charge is 0.389 e. The van der Waals surface area contributed by atoms with Gasteiger partial charge in [0.15, 0.2) is 0 Å². The first-order valence-corrected chi connectivity index (χ1v) is 4.47. The maximum atomic E-state index is 9.50. The fourth-order valence-corrected chi connectivity index (χ4v) is 1.11. The van der Waals surface area contributed by atoms with Crippen LogP contribution in [0.25, 0.3) is 0 Å². The number of nitrogens with zero attached hydrogens (tertiary/aromatic N) is 1. The zero-order chi connectivity index (χ0) is 9.84. The van der Waals surface area contributed by atoms with Gasteiger partial charge in [0.2, 0.25) is 0 Å². The van der Waals surface area contributed by atoms with Crippen LogP contribution >= 0.6 is 12.6 Å². The molecule has 2 atom stereocenters. The predicted molar refractivity (Wildman–Crippen MR) is 53.5 cm³/mol. The normalized spacial score (nSPS) is 15.3. The van der Waals surface area contributed by atoms with Crippen molar-refractivity contribution in [3.05, 3.63) is 23.9 Å². The maximum absolute atomic E-state index is 9.50. The Morgan fingerprint density at radius 1 is 1.46 bits per heavy atom. The molecule has 1 heterocycles. The van der Waals surface area contributed by atoms with Crippen molar-refractivity contribution in [1.82, 2.24) is 4.98 Å². The molecule has 0 aliphatic rings. The monoisotopic (exact) mass is 200 g/mol. The molecule has 0 aliphatic carbocycles. The molecule has 0 bridgehead atoms. The van der Waals surface area contributed by atoms with Gasteiger partial charge in [-0.3, -0.25) is 0 Å². The van der Waals surface area contributed by atoms with Gasteiger partial charge in [-0.1, -0.05) is 6.07 Å². The van der Waals surface area contributed by atoms with E-state index in [1.165, 1.54) is 6.20 Å². The minimum atomic E-state index is -0.953. The number of hydrogen-bond acceptors (Lipinski definition) is 5. The smallest absolute Gasteiger partial charge is 0.123 e. The Bertz CT molecular complexity index is 265. The summed E-state index contributed by atoms with van der Waals surface area (Å²) in [5, 5.41) is 18.8. The van der Waals surface area contributed by atoms with Crippen LogP contribution in [0.5, 0.6) is 0 Å². The van der Waals surface area contributed by atoms with E-state index in [4.69, 9.17) is 5.73 Å². The van der Waals surface area contributed by atoms with Gasteiger partial charge in [-0.25, -0.2) is 4.98 Å². The number of nitrogen functional groups attached to an aromatic ring is 1. The highest BCUT2D eigenvalue weighted by Crippen LogP contribution is 2.17. The van der Waals surface area contributed by atoms with Crippen LogP contribution in [0.4, 0.5) is 5.82 Å². The van der Waals surface area contributed by atoms with E-state index in [1.807, 2.05) is 0 Å². The van der Waals surface area contributed by atoms with Crippen LogP contribution < -0.4 is 5.73 Å². The van der Waals surface area contributed by atoms with Crippen LogP contribution in [0.15, 0.2) is 18.3 Å². The topological polar surface area (TPSA) is 79.4 Å². The lowest BCUT2D eigenvalue weighted by Crippen LogP contribution is -2.19. The molecule has 0 amide bonds. The molecule has 0 aliphatic heterocycles. The minimum Gasteiger partial charge on any atom is -0.389 e. The summed E-state index contributed by atoms with van der Waals surface area (Å²) in [6.45, 7) is 0. The van der Waals surface area contributed by atoms with Crippen molar-refractivity contribution in [3.63, 3.8) is 0 Å². The van der Waals surface area contributed by atoms with E-state index in [0.29, 0.717) is 11.4 Å². The number of aliphatic hydroxyl groups is 2. The second-order valence-electron chi connectivity index (χ2n) is 2.71. The Kier molecular flexibility index (Phi) is 3.53. The van der Waals surface area contributed by atoms with Crippen LogP contribution in [0.3, 0.4) is 0 Å². The average molecular weight is 200 g/mol. The Balaban J connectivity index is 2.77. The summed E-state index contributed by atoms with van der Waals surface area (Å²) >= 11 is 3.87.